The van der Waals surface area contributed by atoms with E-state index < -0.39 is 5.82 Å². The number of aryl methyl sites for hydroxylation is 1. The van der Waals surface area contributed by atoms with Crippen LogP contribution in [0.3, 0.4) is 0 Å². The lowest BCUT2D eigenvalue weighted by Crippen LogP contribution is -2.48. The van der Waals surface area contributed by atoms with Gasteiger partial charge in [-0.3, -0.25) is 10.00 Å². The minimum Gasteiger partial charge on any atom is -0.421 e. The fraction of sp³-hybridized carbons (Fsp3) is 0.414. The van der Waals surface area contributed by atoms with Gasteiger partial charge in [0.2, 0.25) is 0 Å². The summed E-state index contributed by atoms with van der Waals surface area (Å²) < 4.78 is 21.3. The molecule has 40 heavy (non-hydrogen) atoms. The zero-order chi connectivity index (χ0) is 27.5. The number of allylic oxidation sites excluding steroid dienone is 1. The van der Waals surface area contributed by atoms with Crippen LogP contribution in [0.2, 0.25) is 0 Å². The lowest BCUT2D eigenvalue weighted by molar-refractivity contribution is 0.215. The van der Waals surface area contributed by atoms with Gasteiger partial charge in [-0.25, -0.2) is 4.39 Å². The summed E-state index contributed by atoms with van der Waals surface area (Å²) in [6.45, 7) is 12.1. The maximum absolute atomic E-state index is 15.3. The Labute approximate surface area is 233 Å². The summed E-state index contributed by atoms with van der Waals surface area (Å²) in [7, 11) is 0. The van der Waals surface area contributed by atoms with Gasteiger partial charge in [0, 0.05) is 68.0 Å². The van der Waals surface area contributed by atoms with Crippen LogP contribution < -0.4 is 15.0 Å². The largest absolute Gasteiger partial charge is 0.421 e. The lowest BCUT2D eigenvalue weighted by Gasteiger charge is -2.36. The molecule has 3 aromatic heterocycles. The van der Waals surface area contributed by atoms with Crippen LogP contribution in [-0.2, 0) is 0 Å². The summed E-state index contributed by atoms with van der Waals surface area (Å²) in [4.78, 5) is 19.7. The predicted molar refractivity (Wildman–Crippen MR) is 156 cm³/mol. The van der Waals surface area contributed by atoms with Crippen LogP contribution in [0.15, 0.2) is 36.4 Å². The number of hydrogen-bond acceptors (Lipinski definition) is 8. The number of aromatic amines is 2. The van der Waals surface area contributed by atoms with Gasteiger partial charge in [-0.15, -0.1) is 0 Å². The van der Waals surface area contributed by atoms with Gasteiger partial charge in [-0.1, -0.05) is 6.08 Å². The maximum atomic E-state index is 15.3. The number of likely N-dealkylation sites (tertiary alicyclic amines) is 1. The number of rotatable bonds is 9. The van der Waals surface area contributed by atoms with Gasteiger partial charge in [-0.05, 0) is 64.1 Å². The highest BCUT2D eigenvalue weighted by molar-refractivity contribution is 5.82. The standard InChI is InChI=1S/C29H36FN9O/c1-3-6-21-18-26(36-35-21)32-25-19-27(39-15-13-38(14-16-39)12-11-37-9-4-5-10-37)34-29(33-25)40-24-8-7-23-22(28(24)30)17-20(2)31-23/h3,6-8,17-19,31H,4-5,9-16H2,1-2H3,(H2,32,33,34,35,36)/b6-3+. The third-order valence-electron chi connectivity index (χ3n) is 7.56. The molecule has 0 aliphatic carbocycles. The van der Waals surface area contributed by atoms with Crippen molar-refractivity contribution in [2.75, 3.05) is 62.6 Å². The van der Waals surface area contributed by atoms with Crippen LogP contribution in [0, 0.1) is 12.7 Å². The number of nitrogens with zero attached hydrogens (tertiary/aromatic N) is 6. The molecule has 0 amide bonds. The number of benzene rings is 1. The van der Waals surface area contributed by atoms with Crippen LogP contribution in [-0.4, -0.2) is 87.3 Å². The Kier molecular flexibility index (Phi) is 7.65. The Morgan fingerprint density at radius 3 is 2.52 bits per heavy atom. The van der Waals surface area contributed by atoms with E-state index in [0.717, 1.165) is 62.0 Å². The molecule has 0 saturated carbocycles. The molecule has 10 nitrogen and oxygen atoms in total. The highest BCUT2D eigenvalue weighted by Crippen LogP contribution is 2.31. The average molecular weight is 546 g/mol. The molecule has 1 aromatic carbocycles. The number of fused-ring (bicyclic) bond motifs is 1. The molecule has 0 spiro atoms. The molecule has 210 valence electrons. The van der Waals surface area contributed by atoms with E-state index in [1.54, 1.807) is 18.2 Å². The quantitative estimate of drug-likeness (QED) is 0.273. The van der Waals surface area contributed by atoms with Crippen molar-refractivity contribution >= 4 is 34.4 Å². The smallest absolute Gasteiger partial charge is 0.326 e. The Hall–Kier alpha value is -3.96. The maximum Gasteiger partial charge on any atom is 0.326 e. The predicted octanol–water partition coefficient (Wildman–Crippen LogP) is 4.92. The minimum atomic E-state index is -0.444. The number of H-pyrrole nitrogens is 2. The fourth-order valence-corrected chi connectivity index (χ4v) is 5.44. The van der Waals surface area contributed by atoms with Crippen molar-refractivity contribution in [3.05, 3.63) is 53.6 Å². The molecule has 2 fully saturated rings. The summed E-state index contributed by atoms with van der Waals surface area (Å²) in [5.41, 5.74) is 2.47. The van der Waals surface area contributed by atoms with E-state index in [2.05, 4.69) is 40.2 Å². The first-order valence-corrected chi connectivity index (χ1v) is 14.0. The fourth-order valence-electron chi connectivity index (χ4n) is 5.44. The molecule has 0 bridgehead atoms. The Balaban J connectivity index is 1.22. The van der Waals surface area contributed by atoms with Gasteiger partial charge in [-0.2, -0.15) is 15.1 Å². The van der Waals surface area contributed by atoms with Crippen molar-refractivity contribution in [3.8, 4) is 11.8 Å². The van der Waals surface area contributed by atoms with E-state index in [1.807, 2.05) is 38.1 Å². The minimum absolute atomic E-state index is 0.0752. The Bertz CT molecular complexity index is 1480. The van der Waals surface area contributed by atoms with Crippen LogP contribution in [0.25, 0.3) is 17.0 Å². The van der Waals surface area contributed by atoms with Crippen LogP contribution >= 0.6 is 0 Å². The molecule has 5 heterocycles. The zero-order valence-electron chi connectivity index (χ0n) is 23.1. The SMILES string of the molecule is C/C=C/c1cc(Nc2cc(N3CCN(CCN4CCCC4)CC3)nc(Oc3ccc4[nH]c(C)cc4c3F)n2)n[nH]1. The molecular formula is C29H36FN9O. The van der Waals surface area contributed by atoms with E-state index in [0.29, 0.717) is 17.0 Å². The second-order valence-electron chi connectivity index (χ2n) is 10.5. The zero-order valence-corrected chi connectivity index (χ0v) is 23.1. The van der Waals surface area contributed by atoms with Gasteiger partial charge >= 0.3 is 6.01 Å². The first kappa shape index (κ1) is 26.3. The average Bonchev–Trinajstić information content (AvgIpc) is 3.71. The molecule has 0 unspecified atom stereocenters. The van der Waals surface area contributed by atoms with E-state index >= 15 is 4.39 Å². The highest BCUT2D eigenvalue weighted by atomic mass is 19.1. The van der Waals surface area contributed by atoms with Crippen LogP contribution in [0.1, 0.15) is 31.2 Å². The number of halogens is 1. The molecule has 2 aliphatic heterocycles. The number of anilines is 3. The summed E-state index contributed by atoms with van der Waals surface area (Å²) in [5, 5.41) is 11.0. The molecule has 0 radical (unpaired) electrons. The van der Waals surface area contributed by atoms with Crippen LogP contribution in [0.5, 0.6) is 11.8 Å². The molecule has 2 aliphatic rings. The first-order chi connectivity index (χ1) is 19.5. The first-order valence-electron chi connectivity index (χ1n) is 14.0. The van der Waals surface area contributed by atoms with Gasteiger partial charge < -0.3 is 24.8 Å². The van der Waals surface area contributed by atoms with Gasteiger partial charge in [0.15, 0.2) is 17.4 Å². The monoisotopic (exact) mass is 545 g/mol. The lowest BCUT2D eigenvalue weighted by atomic mass is 10.2. The van der Waals surface area contributed by atoms with Crippen molar-refractivity contribution in [2.24, 2.45) is 0 Å². The van der Waals surface area contributed by atoms with E-state index in [9.17, 15) is 0 Å². The van der Waals surface area contributed by atoms with Gasteiger partial charge in [0.25, 0.3) is 0 Å². The van der Waals surface area contributed by atoms with Gasteiger partial charge in [0.1, 0.15) is 11.6 Å². The normalized spacial score (nSPS) is 16.9. The molecular weight excluding hydrogens is 509 g/mol. The van der Waals surface area contributed by atoms with Crippen LogP contribution in [0.4, 0.5) is 21.8 Å². The number of ether oxygens (including phenoxy) is 1. The summed E-state index contributed by atoms with van der Waals surface area (Å²) in [6, 6.07) is 9.04. The molecule has 0 atom stereocenters. The molecule has 6 rings (SSSR count). The van der Waals surface area contributed by atoms with E-state index in [4.69, 9.17) is 9.72 Å². The second-order valence-corrected chi connectivity index (χ2v) is 10.5. The summed E-state index contributed by atoms with van der Waals surface area (Å²) in [6.07, 6.45) is 6.51. The highest BCUT2D eigenvalue weighted by Gasteiger charge is 2.22. The number of piperazine rings is 1. The van der Waals surface area contributed by atoms with Crippen molar-refractivity contribution in [3.63, 3.8) is 0 Å². The summed E-state index contributed by atoms with van der Waals surface area (Å²) >= 11 is 0. The Morgan fingerprint density at radius 2 is 1.75 bits per heavy atom. The number of hydrogen-bond donors (Lipinski definition) is 3. The molecule has 11 heteroatoms. The summed E-state index contributed by atoms with van der Waals surface area (Å²) in [5.74, 6) is 1.51. The van der Waals surface area contributed by atoms with Crippen molar-refractivity contribution < 1.29 is 9.13 Å². The Morgan fingerprint density at radius 1 is 0.975 bits per heavy atom. The topological polar surface area (TPSA) is 101 Å². The third kappa shape index (κ3) is 5.95. The van der Waals surface area contributed by atoms with Crippen molar-refractivity contribution in [2.45, 2.75) is 26.7 Å². The third-order valence-corrected chi connectivity index (χ3v) is 7.56. The van der Waals surface area contributed by atoms with Crippen molar-refractivity contribution in [1.82, 2.24) is 34.9 Å². The molecule has 2 saturated heterocycles. The van der Waals surface area contributed by atoms with Crippen molar-refractivity contribution in [1.29, 1.82) is 0 Å². The second kappa shape index (κ2) is 11.6. The molecule has 3 N–H and O–H groups in total. The number of nitrogens with one attached hydrogen (secondary N) is 3. The number of aromatic nitrogens is 5. The van der Waals surface area contributed by atoms with E-state index in [-0.39, 0.29) is 11.8 Å². The van der Waals surface area contributed by atoms with E-state index in [1.165, 1.54) is 25.9 Å². The van der Waals surface area contributed by atoms with Gasteiger partial charge in [0.05, 0.1) is 5.69 Å². The molecule has 4 aromatic rings.